The van der Waals surface area contributed by atoms with E-state index in [9.17, 15) is 4.79 Å². The molecule has 0 aromatic carbocycles. The van der Waals surface area contributed by atoms with Crippen molar-refractivity contribution in [1.29, 1.82) is 0 Å². The highest BCUT2D eigenvalue weighted by Crippen LogP contribution is 2.37. The van der Waals surface area contributed by atoms with E-state index in [1.165, 1.54) is 0 Å². The molecule has 1 aliphatic carbocycles. The van der Waals surface area contributed by atoms with Gasteiger partial charge in [-0.25, -0.2) is 0 Å². The molecule has 2 heterocycles. The van der Waals surface area contributed by atoms with Crippen molar-refractivity contribution in [2.75, 3.05) is 32.4 Å². The van der Waals surface area contributed by atoms with E-state index < -0.39 is 0 Å². The minimum atomic E-state index is 0.139. The first-order valence-corrected chi connectivity index (χ1v) is 7.57. The fraction of sp³-hybridized carbons (Fsp3) is 0.667. The van der Waals surface area contributed by atoms with Crippen molar-refractivity contribution in [3.63, 3.8) is 0 Å². The Morgan fingerprint density at radius 2 is 2.15 bits per heavy atom. The van der Waals surface area contributed by atoms with Crippen molar-refractivity contribution in [3.05, 3.63) is 18.0 Å². The number of nitrogens with two attached hydrogens (primary N) is 1. The van der Waals surface area contributed by atoms with Gasteiger partial charge in [-0.05, 0) is 32.4 Å². The van der Waals surface area contributed by atoms with Crippen LogP contribution in [-0.4, -0.2) is 53.0 Å². The Morgan fingerprint density at radius 1 is 1.40 bits per heavy atom. The number of carbonyl (C=O) groups excluding carboxylic acids is 1. The zero-order valence-corrected chi connectivity index (χ0v) is 12.4. The fourth-order valence-electron chi connectivity index (χ4n) is 3.06. The highest BCUT2D eigenvalue weighted by Gasteiger charge is 2.32. The van der Waals surface area contributed by atoms with Crippen molar-refractivity contribution in [2.45, 2.75) is 38.3 Å². The number of nitrogen functional groups attached to an aromatic ring is 1. The van der Waals surface area contributed by atoms with Gasteiger partial charge in [-0.1, -0.05) is 6.92 Å². The highest BCUT2D eigenvalue weighted by molar-refractivity contribution is 5.94. The molecule has 1 aromatic heterocycles. The third-order valence-corrected chi connectivity index (χ3v) is 4.56. The lowest BCUT2D eigenvalue weighted by molar-refractivity contribution is 0.0532. The second-order valence-electron chi connectivity index (χ2n) is 6.09. The molecule has 1 saturated heterocycles. The van der Waals surface area contributed by atoms with E-state index in [-0.39, 0.29) is 5.91 Å². The van der Waals surface area contributed by atoms with Gasteiger partial charge in [0, 0.05) is 37.9 Å². The molecule has 0 radical (unpaired) electrons. The second kappa shape index (κ2) is 5.13. The summed E-state index contributed by atoms with van der Waals surface area (Å²) < 4.78 is 2.08. The molecule has 3 rings (SSSR count). The summed E-state index contributed by atoms with van der Waals surface area (Å²) in [6.07, 6.45) is 5.31. The lowest BCUT2D eigenvalue weighted by Gasteiger charge is -2.39. The van der Waals surface area contributed by atoms with Crippen molar-refractivity contribution in [1.82, 2.24) is 14.4 Å². The Bertz CT molecular complexity index is 506. The second-order valence-corrected chi connectivity index (χ2v) is 6.09. The Kier molecular flexibility index (Phi) is 3.46. The standard InChI is InChI=1S/C15H24N4O/c1-3-12-10-18(7-6-17(12)2)15(20)14-8-11(16)9-19(14)13-4-5-13/h8-9,12-13H,3-7,10,16H2,1-2H3. The van der Waals surface area contributed by atoms with E-state index in [4.69, 9.17) is 5.73 Å². The molecule has 2 aliphatic rings. The Labute approximate surface area is 120 Å². The summed E-state index contributed by atoms with van der Waals surface area (Å²) in [7, 11) is 2.14. The normalized spacial score (nSPS) is 24.1. The molecule has 5 nitrogen and oxygen atoms in total. The molecular formula is C15H24N4O. The van der Waals surface area contributed by atoms with Gasteiger partial charge < -0.3 is 15.2 Å². The van der Waals surface area contributed by atoms with Crippen LogP contribution in [0.1, 0.15) is 42.7 Å². The molecule has 110 valence electrons. The van der Waals surface area contributed by atoms with Crippen molar-refractivity contribution in [3.8, 4) is 0 Å². The zero-order chi connectivity index (χ0) is 14.3. The number of aromatic nitrogens is 1. The third kappa shape index (κ3) is 2.42. The summed E-state index contributed by atoms with van der Waals surface area (Å²) in [4.78, 5) is 17.1. The van der Waals surface area contributed by atoms with Crippen LogP contribution in [0.3, 0.4) is 0 Å². The minimum absolute atomic E-state index is 0.139. The van der Waals surface area contributed by atoms with Crippen LogP contribution >= 0.6 is 0 Å². The average molecular weight is 276 g/mol. The van der Waals surface area contributed by atoms with Crippen LogP contribution in [0.2, 0.25) is 0 Å². The fourth-order valence-corrected chi connectivity index (χ4v) is 3.06. The monoisotopic (exact) mass is 276 g/mol. The quantitative estimate of drug-likeness (QED) is 0.912. The summed E-state index contributed by atoms with van der Waals surface area (Å²) in [6, 6.07) is 2.79. The van der Waals surface area contributed by atoms with Crippen molar-refractivity contribution < 1.29 is 4.79 Å². The number of hydrogen-bond donors (Lipinski definition) is 1. The van der Waals surface area contributed by atoms with Gasteiger partial charge in [-0.2, -0.15) is 0 Å². The van der Waals surface area contributed by atoms with Crippen LogP contribution in [-0.2, 0) is 0 Å². The molecule has 2 fully saturated rings. The van der Waals surface area contributed by atoms with E-state index in [1.807, 2.05) is 17.2 Å². The van der Waals surface area contributed by atoms with Crippen LogP contribution in [0.5, 0.6) is 0 Å². The van der Waals surface area contributed by atoms with Gasteiger partial charge in [0.05, 0.1) is 5.69 Å². The molecule has 1 saturated carbocycles. The number of anilines is 1. The summed E-state index contributed by atoms with van der Waals surface area (Å²) in [6.45, 7) is 4.76. The molecule has 5 heteroatoms. The molecule has 20 heavy (non-hydrogen) atoms. The van der Waals surface area contributed by atoms with E-state index in [0.717, 1.165) is 44.6 Å². The van der Waals surface area contributed by atoms with Gasteiger partial charge in [0.25, 0.3) is 5.91 Å². The highest BCUT2D eigenvalue weighted by atomic mass is 16.2. The number of hydrogen-bond acceptors (Lipinski definition) is 3. The van der Waals surface area contributed by atoms with Gasteiger partial charge in [0.2, 0.25) is 0 Å². The zero-order valence-electron chi connectivity index (χ0n) is 12.4. The SMILES string of the molecule is CCC1CN(C(=O)c2cc(N)cn2C2CC2)CCN1C. The molecular weight excluding hydrogens is 252 g/mol. The van der Waals surface area contributed by atoms with E-state index in [2.05, 4.69) is 23.4 Å². The topological polar surface area (TPSA) is 54.5 Å². The van der Waals surface area contributed by atoms with Crippen LogP contribution in [0.4, 0.5) is 5.69 Å². The van der Waals surface area contributed by atoms with Gasteiger partial charge in [0.15, 0.2) is 0 Å². The summed E-state index contributed by atoms with van der Waals surface area (Å²) in [5.41, 5.74) is 7.35. The van der Waals surface area contributed by atoms with Crippen molar-refractivity contribution >= 4 is 11.6 Å². The average Bonchev–Trinajstić information content (AvgIpc) is 3.21. The van der Waals surface area contributed by atoms with Gasteiger partial charge in [0.1, 0.15) is 5.69 Å². The van der Waals surface area contributed by atoms with Gasteiger partial charge in [-0.3, -0.25) is 9.69 Å². The first-order chi connectivity index (χ1) is 9.60. The first kappa shape index (κ1) is 13.5. The Balaban J connectivity index is 1.78. The van der Waals surface area contributed by atoms with E-state index in [1.54, 1.807) is 0 Å². The molecule has 1 atom stereocenters. The number of amides is 1. The smallest absolute Gasteiger partial charge is 0.270 e. The summed E-state index contributed by atoms with van der Waals surface area (Å²) in [5.74, 6) is 0.139. The predicted octanol–water partition coefficient (Wildman–Crippen LogP) is 1.57. The van der Waals surface area contributed by atoms with Crippen LogP contribution < -0.4 is 5.73 Å². The lowest BCUT2D eigenvalue weighted by atomic mass is 10.1. The van der Waals surface area contributed by atoms with Crippen molar-refractivity contribution in [2.24, 2.45) is 0 Å². The summed E-state index contributed by atoms with van der Waals surface area (Å²) >= 11 is 0. The number of nitrogens with zero attached hydrogens (tertiary/aromatic N) is 3. The number of rotatable bonds is 3. The van der Waals surface area contributed by atoms with E-state index >= 15 is 0 Å². The lowest BCUT2D eigenvalue weighted by Crippen LogP contribution is -2.53. The van der Waals surface area contributed by atoms with Crippen LogP contribution in [0.25, 0.3) is 0 Å². The maximum Gasteiger partial charge on any atom is 0.270 e. The molecule has 1 aliphatic heterocycles. The predicted molar refractivity (Wildman–Crippen MR) is 79.7 cm³/mol. The molecule has 1 aromatic rings. The molecule has 2 N–H and O–H groups in total. The number of carbonyl (C=O) groups is 1. The van der Waals surface area contributed by atoms with Gasteiger partial charge in [-0.15, -0.1) is 0 Å². The van der Waals surface area contributed by atoms with Crippen LogP contribution in [0.15, 0.2) is 12.3 Å². The number of piperazine rings is 1. The third-order valence-electron chi connectivity index (χ3n) is 4.56. The maximum atomic E-state index is 12.8. The van der Waals surface area contributed by atoms with Gasteiger partial charge >= 0.3 is 0 Å². The first-order valence-electron chi connectivity index (χ1n) is 7.57. The molecule has 1 unspecified atom stereocenters. The Morgan fingerprint density at radius 3 is 2.80 bits per heavy atom. The molecule has 0 bridgehead atoms. The summed E-state index contributed by atoms with van der Waals surface area (Å²) in [5, 5.41) is 0. The van der Waals surface area contributed by atoms with E-state index in [0.29, 0.717) is 17.8 Å². The maximum absolute atomic E-state index is 12.8. The van der Waals surface area contributed by atoms with Crippen LogP contribution in [0, 0.1) is 0 Å². The number of likely N-dealkylation sites (N-methyl/N-ethyl adjacent to an activating group) is 1. The minimum Gasteiger partial charge on any atom is -0.397 e. The molecule has 0 spiro atoms. The Hall–Kier alpha value is -1.49. The molecule has 1 amide bonds. The largest absolute Gasteiger partial charge is 0.397 e.